The van der Waals surface area contributed by atoms with Crippen molar-refractivity contribution in [1.29, 1.82) is 0 Å². The Morgan fingerprint density at radius 3 is 2.74 bits per heavy atom. The van der Waals surface area contributed by atoms with Crippen molar-refractivity contribution in [3.8, 4) is 0 Å². The molecule has 1 atom stereocenters. The van der Waals surface area contributed by atoms with Crippen LogP contribution in [-0.4, -0.2) is 23.9 Å². The van der Waals surface area contributed by atoms with E-state index in [0.29, 0.717) is 6.42 Å². The average molecular weight is 262 g/mol. The molecule has 100 valence electrons. The van der Waals surface area contributed by atoms with Crippen molar-refractivity contribution < 1.29 is 19.1 Å². The Morgan fingerprint density at radius 2 is 2.05 bits per heavy atom. The molecule has 0 aromatic heterocycles. The minimum atomic E-state index is -0.707. The van der Waals surface area contributed by atoms with Crippen LogP contribution >= 0.6 is 0 Å². The van der Waals surface area contributed by atoms with Crippen molar-refractivity contribution in [2.45, 2.75) is 25.5 Å². The summed E-state index contributed by atoms with van der Waals surface area (Å²) in [4.78, 5) is 33.9. The Bertz CT molecular complexity index is 487. The van der Waals surface area contributed by atoms with Crippen LogP contribution in [0.2, 0.25) is 0 Å². The van der Waals surface area contributed by atoms with E-state index >= 15 is 0 Å². The smallest absolute Gasteiger partial charge is 0.408 e. The summed E-state index contributed by atoms with van der Waals surface area (Å²) in [5, 5.41) is 4.59. The van der Waals surface area contributed by atoms with Crippen LogP contribution in [0.25, 0.3) is 0 Å². The van der Waals surface area contributed by atoms with Crippen molar-refractivity contribution in [3.63, 3.8) is 0 Å². The van der Waals surface area contributed by atoms with Gasteiger partial charge in [-0.3, -0.25) is 14.9 Å². The van der Waals surface area contributed by atoms with E-state index in [0.717, 1.165) is 5.56 Å². The first-order valence-electron chi connectivity index (χ1n) is 5.96. The highest BCUT2D eigenvalue weighted by Crippen LogP contribution is 2.05. The second-order valence-corrected chi connectivity index (χ2v) is 4.21. The predicted molar refractivity (Wildman–Crippen MR) is 65.9 cm³/mol. The number of ether oxygens (including phenoxy) is 1. The fourth-order valence-electron chi connectivity index (χ4n) is 1.74. The maximum absolute atomic E-state index is 11.5. The Kier molecular flexibility index (Phi) is 4.12. The van der Waals surface area contributed by atoms with Gasteiger partial charge < -0.3 is 10.1 Å². The molecule has 1 aliphatic rings. The van der Waals surface area contributed by atoms with Crippen molar-refractivity contribution in [1.82, 2.24) is 10.6 Å². The number of amides is 3. The number of carbonyl (C=O) groups is 3. The van der Waals surface area contributed by atoms with Crippen molar-refractivity contribution in [2.75, 3.05) is 0 Å². The molecule has 1 unspecified atom stereocenters. The molecule has 1 aromatic rings. The van der Waals surface area contributed by atoms with E-state index in [1.807, 2.05) is 30.3 Å². The zero-order chi connectivity index (χ0) is 13.7. The normalized spacial score (nSPS) is 18.6. The number of rotatable bonds is 3. The minimum absolute atomic E-state index is 0.139. The van der Waals surface area contributed by atoms with Crippen molar-refractivity contribution in [3.05, 3.63) is 35.9 Å². The SMILES string of the molecule is O=C1CCC(NC(=O)OCc2ccccc2)C(=O)N1. The van der Waals surface area contributed by atoms with Crippen LogP contribution < -0.4 is 10.6 Å². The predicted octanol–water partition coefficient (Wildman–Crippen LogP) is 0.718. The maximum atomic E-state index is 11.5. The third-order valence-electron chi connectivity index (χ3n) is 2.74. The number of carbonyl (C=O) groups excluding carboxylic acids is 3. The first-order chi connectivity index (χ1) is 9.15. The van der Waals surface area contributed by atoms with E-state index in [1.165, 1.54) is 0 Å². The summed E-state index contributed by atoms with van der Waals surface area (Å²) in [6.07, 6.45) is -0.154. The molecule has 6 nitrogen and oxygen atoms in total. The van der Waals surface area contributed by atoms with E-state index in [-0.39, 0.29) is 18.9 Å². The van der Waals surface area contributed by atoms with Crippen LogP contribution in [0.3, 0.4) is 0 Å². The van der Waals surface area contributed by atoms with Crippen LogP contribution in [0.1, 0.15) is 18.4 Å². The first-order valence-corrected chi connectivity index (χ1v) is 5.96. The highest BCUT2D eigenvalue weighted by Gasteiger charge is 2.28. The van der Waals surface area contributed by atoms with Crippen LogP contribution in [0.4, 0.5) is 4.79 Å². The zero-order valence-corrected chi connectivity index (χ0v) is 10.2. The van der Waals surface area contributed by atoms with Gasteiger partial charge in [0.1, 0.15) is 12.6 Å². The quantitative estimate of drug-likeness (QED) is 0.786. The van der Waals surface area contributed by atoms with Gasteiger partial charge in [-0.05, 0) is 12.0 Å². The van der Waals surface area contributed by atoms with Gasteiger partial charge in [-0.15, -0.1) is 0 Å². The van der Waals surface area contributed by atoms with E-state index in [4.69, 9.17) is 4.74 Å². The molecule has 1 fully saturated rings. The lowest BCUT2D eigenvalue weighted by atomic mass is 10.1. The summed E-state index contributed by atoms with van der Waals surface area (Å²) in [5.74, 6) is -0.811. The number of nitrogens with one attached hydrogen (secondary N) is 2. The molecule has 0 aliphatic carbocycles. The van der Waals surface area contributed by atoms with E-state index < -0.39 is 18.0 Å². The van der Waals surface area contributed by atoms with Crippen LogP contribution in [0, 0.1) is 0 Å². The number of alkyl carbamates (subject to hydrolysis) is 1. The highest BCUT2D eigenvalue weighted by atomic mass is 16.5. The van der Waals surface area contributed by atoms with Crippen LogP contribution in [0.15, 0.2) is 30.3 Å². The Hall–Kier alpha value is -2.37. The molecule has 0 saturated carbocycles. The second-order valence-electron chi connectivity index (χ2n) is 4.21. The molecule has 1 aliphatic heterocycles. The summed E-state index contributed by atoms with van der Waals surface area (Å²) in [6.45, 7) is 0.139. The molecule has 6 heteroatoms. The van der Waals surface area contributed by atoms with Crippen molar-refractivity contribution >= 4 is 17.9 Å². The van der Waals surface area contributed by atoms with E-state index in [1.54, 1.807) is 0 Å². The third-order valence-corrected chi connectivity index (χ3v) is 2.74. The fraction of sp³-hybridized carbons (Fsp3) is 0.308. The van der Waals surface area contributed by atoms with Gasteiger partial charge >= 0.3 is 6.09 Å². The maximum Gasteiger partial charge on any atom is 0.408 e. The van der Waals surface area contributed by atoms with Crippen LogP contribution in [-0.2, 0) is 20.9 Å². The topological polar surface area (TPSA) is 84.5 Å². The molecule has 2 N–H and O–H groups in total. The second kappa shape index (κ2) is 5.99. The summed E-state index contributed by atoms with van der Waals surface area (Å²) in [5.41, 5.74) is 0.862. The van der Waals surface area contributed by atoms with Gasteiger partial charge in [-0.2, -0.15) is 0 Å². The van der Waals surface area contributed by atoms with Gasteiger partial charge in [0.05, 0.1) is 0 Å². The lowest BCUT2D eigenvalue weighted by molar-refractivity contribution is -0.134. The molecule has 1 aromatic carbocycles. The number of imide groups is 1. The summed E-state index contributed by atoms with van der Waals surface area (Å²) in [7, 11) is 0. The van der Waals surface area contributed by atoms with Gasteiger partial charge in [-0.25, -0.2) is 4.79 Å². The van der Waals surface area contributed by atoms with E-state index in [9.17, 15) is 14.4 Å². The standard InChI is InChI=1S/C13H14N2O4/c16-11-7-6-10(12(17)15-11)14-13(18)19-8-9-4-2-1-3-5-9/h1-5,10H,6-8H2,(H,14,18)(H,15,16,17). The largest absolute Gasteiger partial charge is 0.445 e. The molecule has 1 heterocycles. The molecule has 1 saturated heterocycles. The Balaban J connectivity index is 1.78. The minimum Gasteiger partial charge on any atom is -0.445 e. The lowest BCUT2D eigenvalue weighted by Crippen LogP contribution is -2.52. The molecule has 19 heavy (non-hydrogen) atoms. The molecule has 0 bridgehead atoms. The van der Waals surface area contributed by atoms with Crippen molar-refractivity contribution in [2.24, 2.45) is 0 Å². The number of piperidine rings is 1. The number of benzene rings is 1. The highest BCUT2D eigenvalue weighted by molar-refractivity contribution is 6.01. The summed E-state index contributed by atoms with van der Waals surface area (Å²) < 4.78 is 4.99. The van der Waals surface area contributed by atoms with Gasteiger partial charge in [0.25, 0.3) is 0 Å². The van der Waals surface area contributed by atoms with Gasteiger partial charge in [0.15, 0.2) is 0 Å². The van der Waals surface area contributed by atoms with Gasteiger partial charge in [-0.1, -0.05) is 30.3 Å². The fourth-order valence-corrected chi connectivity index (χ4v) is 1.74. The van der Waals surface area contributed by atoms with E-state index in [2.05, 4.69) is 10.6 Å². The molecule has 0 radical (unpaired) electrons. The number of hydrogen-bond acceptors (Lipinski definition) is 4. The van der Waals surface area contributed by atoms with Gasteiger partial charge in [0.2, 0.25) is 11.8 Å². The third kappa shape index (κ3) is 3.80. The summed E-state index contributed by atoms with van der Waals surface area (Å²) >= 11 is 0. The summed E-state index contributed by atoms with van der Waals surface area (Å²) in [6, 6.07) is 8.51. The van der Waals surface area contributed by atoms with Gasteiger partial charge in [0, 0.05) is 6.42 Å². The zero-order valence-electron chi connectivity index (χ0n) is 10.2. The first kappa shape index (κ1) is 13.1. The molecule has 0 spiro atoms. The Morgan fingerprint density at radius 1 is 1.32 bits per heavy atom. The number of hydrogen-bond donors (Lipinski definition) is 2. The lowest BCUT2D eigenvalue weighted by Gasteiger charge is -2.21. The molecular formula is C13H14N2O4. The molecule has 2 rings (SSSR count). The Labute approximate surface area is 110 Å². The molecule has 3 amide bonds. The molecular weight excluding hydrogens is 248 g/mol. The van der Waals surface area contributed by atoms with Crippen LogP contribution in [0.5, 0.6) is 0 Å². The monoisotopic (exact) mass is 262 g/mol. The average Bonchev–Trinajstić information content (AvgIpc) is 2.41.